The second-order valence-electron chi connectivity index (χ2n) is 10.9. The highest BCUT2D eigenvalue weighted by Crippen LogP contribution is 2.38. The van der Waals surface area contributed by atoms with Crippen molar-refractivity contribution >= 4 is 21.5 Å². The van der Waals surface area contributed by atoms with Gasteiger partial charge in [-0.1, -0.05) is 152 Å². The van der Waals surface area contributed by atoms with Gasteiger partial charge in [-0.3, -0.25) is 0 Å². The summed E-state index contributed by atoms with van der Waals surface area (Å²) in [7, 11) is 0. The van der Waals surface area contributed by atoms with Gasteiger partial charge in [-0.05, 0) is 55.9 Å². The van der Waals surface area contributed by atoms with Gasteiger partial charge in [0.25, 0.3) is 0 Å². The molecule has 0 amide bonds. The topological polar surface area (TPSA) is 38.7 Å². The zero-order valence-corrected chi connectivity index (χ0v) is 23.9. The lowest BCUT2D eigenvalue weighted by atomic mass is 9.94. The molecule has 0 spiro atoms. The summed E-state index contributed by atoms with van der Waals surface area (Å²) in [6.45, 7) is 0. The normalized spacial score (nSPS) is 11.2. The lowest BCUT2D eigenvalue weighted by Crippen LogP contribution is -2.01. The minimum absolute atomic E-state index is 0.650. The highest BCUT2D eigenvalue weighted by Gasteiger charge is 2.18. The van der Waals surface area contributed by atoms with E-state index in [0.717, 1.165) is 38.6 Å². The van der Waals surface area contributed by atoms with Crippen molar-refractivity contribution < 1.29 is 0 Å². The van der Waals surface area contributed by atoms with Gasteiger partial charge in [0, 0.05) is 16.7 Å². The lowest BCUT2D eigenvalue weighted by molar-refractivity contribution is 1.08. The number of hydrogen-bond donors (Lipinski definition) is 0. The van der Waals surface area contributed by atoms with Crippen molar-refractivity contribution in [3.63, 3.8) is 0 Å². The molecule has 8 rings (SSSR count). The first-order valence-electron chi connectivity index (χ1n) is 14.8. The molecule has 1 heterocycles. The van der Waals surface area contributed by atoms with Crippen LogP contribution in [0.3, 0.4) is 0 Å². The fourth-order valence-corrected chi connectivity index (χ4v) is 5.98. The summed E-state index contributed by atoms with van der Waals surface area (Å²) in [6, 6.07) is 56.9. The third kappa shape index (κ3) is 4.71. The maximum Gasteiger partial charge on any atom is 0.164 e. The fraction of sp³-hybridized carbons (Fsp3) is 0. The van der Waals surface area contributed by atoms with Gasteiger partial charge in [-0.15, -0.1) is 0 Å². The largest absolute Gasteiger partial charge is 0.208 e. The molecule has 0 saturated carbocycles. The molecule has 8 aromatic rings. The number of nitrogens with zero attached hydrogens (tertiary/aromatic N) is 3. The van der Waals surface area contributed by atoms with Crippen LogP contribution in [0.15, 0.2) is 164 Å². The molecular weight excluding hydrogens is 534 g/mol. The van der Waals surface area contributed by atoms with Crippen molar-refractivity contribution in [3.05, 3.63) is 164 Å². The molecule has 0 fully saturated rings. The molecule has 1 aromatic heterocycles. The minimum Gasteiger partial charge on any atom is -0.208 e. The first kappa shape index (κ1) is 25.8. The van der Waals surface area contributed by atoms with Crippen molar-refractivity contribution in [1.82, 2.24) is 15.0 Å². The summed E-state index contributed by atoms with van der Waals surface area (Å²) >= 11 is 0. The van der Waals surface area contributed by atoms with Crippen LogP contribution in [0.25, 0.3) is 78.0 Å². The van der Waals surface area contributed by atoms with Gasteiger partial charge in [-0.25, -0.2) is 15.0 Å². The van der Waals surface area contributed by atoms with Gasteiger partial charge >= 0.3 is 0 Å². The predicted octanol–water partition coefficient (Wildman–Crippen LogP) is 10.5. The monoisotopic (exact) mass is 561 g/mol. The van der Waals surface area contributed by atoms with E-state index in [1.165, 1.54) is 21.9 Å². The molecule has 3 nitrogen and oxygen atoms in total. The van der Waals surface area contributed by atoms with E-state index >= 15 is 0 Å². The van der Waals surface area contributed by atoms with Gasteiger partial charge in [-0.2, -0.15) is 0 Å². The van der Waals surface area contributed by atoms with Crippen molar-refractivity contribution in [2.75, 3.05) is 0 Å². The Kier molecular flexibility index (Phi) is 6.47. The average Bonchev–Trinajstić information content (AvgIpc) is 3.12. The Balaban J connectivity index is 1.38. The summed E-state index contributed by atoms with van der Waals surface area (Å²) in [5, 5.41) is 4.63. The molecule has 44 heavy (non-hydrogen) atoms. The maximum atomic E-state index is 5.19. The van der Waals surface area contributed by atoms with Gasteiger partial charge in [0.05, 0.1) is 0 Å². The second-order valence-corrected chi connectivity index (χ2v) is 10.9. The van der Waals surface area contributed by atoms with E-state index in [1.54, 1.807) is 0 Å². The highest BCUT2D eigenvalue weighted by molar-refractivity contribution is 6.14. The first-order valence-corrected chi connectivity index (χ1v) is 14.8. The van der Waals surface area contributed by atoms with E-state index in [2.05, 4.69) is 133 Å². The number of rotatable bonds is 5. The van der Waals surface area contributed by atoms with E-state index in [-0.39, 0.29) is 0 Å². The third-order valence-corrected chi connectivity index (χ3v) is 8.13. The molecule has 0 atom stereocenters. The summed E-state index contributed by atoms with van der Waals surface area (Å²) in [5.41, 5.74) is 7.51. The molecule has 206 valence electrons. The second kappa shape index (κ2) is 11.0. The van der Waals surface area contributed by atoms with Crippen LogP contribution in [-0.2, 0) is 0 Å². The lowest BCUT2D eigenvalue weighted by Gasteiger charge is -2.14. The predicted molar refractivity (Wildman–Crippen MR) is 182 cm³/mol. The van der Waals surface area contributed by atoms with Crippen molar-refractivity contribution in [2.24, 2.45) is 0 Å². The standard InChI is InChI=1S/C41H27N3/c1-4-14-28(15-5-1)31-24-25-32-27-38(35-22-12-11-21-34(35)37(32)26-31)41-43-39(30-18-8-3-9-19-30)42-40(44-41)36-23-13-10-20-33(36)29-16-6-2-7-17-29/h1-27H. The molecule has 0 saturated heterocycles. The van der Waals surface area contributed by atoms with Gasteiger partial charge < -0.3 is 0 Å². The van der Waals surface area contributed by atoms with Crippen LogP contribution < -0.4 is 0 Å². The summed E-state index contributed by atoms with van der Waals surface area (Å²) < 4.78 is 0. The molecule has 7 aromatic carbocycles. The summed E-state index contributed by atoms with van der Waals surface area (Å²) in [6.07, 6.45) is 0. The SMILES string of the molecule is c1ccc(-c2ccc3cc(-c4nc(-c5ccccc5)nc(-c5ccccc5-c5ccccc5)n4)c4ccccc4c3c2)cc1. The van der Waals surface area contributed by atoms with Crippen LogP contribution in [0.1, 0.15) is 0 Å². The molecule has 0 bridgehead atoms. The van der Waals surface area contributed by atoms with Crippen molar-refractivity contribution in [2.45, 2.75) is 0 Å². The number of hydrogen-bond acceptors (Lipinski definition) is 3. The van der Waals surface area contributed by atoms with Crippen LogP contribution in [0.5, 0.6) is 0 Å². The molecule has 0 unspecified atom stereocenters. The van der Waals surface area contributed by atoms with Crippen LogP contribution in [0.2, 0.25) is 0 Å². The van der Waals surface area contributed by atoms with Crippen LogP contribution in [0, 0.1) is 0 Å². The number of fused-ring (bicyclic) bond motifs is 3. The molecule has 0 radical (unpaired) electrons. The van der Waals surface area contributed by atoms with E-state index in [0.29, 0.717) is 17.5 Å². The van der Waals surface area contributed by atoms with E-state index < -0.39 is 0 Å². The van der Waals surface area contributed by atoms with Gasteiger partial charge in [0.2, 0.25) is 0 Å². The van der Waals surface area contributed by atoms with Gasteiger partial charge in [0.15, 0.2) is 17.5 Å². The van der Waals surface area contributed by atoms with Crippen LogP contribution in [-0.4, -0.2) is 15.0 Å². The third-order valence-electron chi connectivity index (χ3n) is 8.13. The number of aromatic nitrogens is 3. The Morgan fingerprint density at radius 1 is 0.273 bits per heavy atom. The smallest absolute Gasteiger partial charge is 0.164 e. The quantitative estimate of drug-likeness (QED) is 0.196. The molecule has 0 aliphatic heterocycles. The Hall–Kier alpha value is -5.93. The summed E-state index contributed by atoms with van der Waals surface area (Å²) in [4.78, 5) is 15.3. The minimum atomic E-state index is 0.650. The van der Waals surface area contributed by atoms with Gasteiger partial charge in [0.1, 0.15) is 0 Å². The van der Waals surface area contributed by atoms with Crippen molar-refractivity contribution in [1.29, 1.82) is 0 Å². The van der Waals surface area contributed by atoms with Crippen LogP contribution >= 0.6 is 0 Å². The zero-order chi connectivity index (χ0) is 29.3. The summed E-state index contributed by atoms with van der Waals surface area (Å²) in [5.74, 6) is 1.95. The Morgan fingerprint density at radius 3 is 1.50 bits per heavy atom. The molecule has 0 aliphatic rings. The molecular formula is C41H27N3. The van der Waals surface area contributed by atoms with Crippen LogP contribution in [0.4, 0.5) is 0 Å². The number of benzene rings is 7. The highest BCUT2D eigenvalue weighted by atomic mass is 15.0. The van der Waals surface area contributed by atoms with E-state index in [4.69, 9.17) is 15.0 Å². The Labute approximate surface area is 256 Å². The maximum absolute atomic E-state index is 5.19. The molecule has 3 heteroatoms. The Bertz CT molecular complexity index is 2260. The average molecular weight is 562 g/mol. The fourth-order valence-electron chi connectivity index (χ4n) is 5.98. The van der Waals surface area contributed by atoms with Crippen molar-refractivity contribution in [3.8, 4) is 56.4 Å². The van der Waals surface area contributed by atoms with E-state index in [1.807, 2.05) is 30.3 Å². The van der Waals surface area contributed by atoms with E-state index in [9.17, 15) is 0 Å². The Morgan fingerprint density at radius 2 is 0.795 bits per heavy atom. The first-order chi connectivity index (χ1) is 21.8. The zero-order valence-electron chi connectivity index (χ0n) is 23.9. The molecule has 0 N–H and O–H groups in total. The molecule has 0 aliphatic carbocycles.